The minimum absolute atomic E-state index is 0.165. The quantitative estimate of drug-likeness (QED) is 0.403. The molecule has 0 fully saturated rings. The van der Waals surface area contributed by atoms with Crippen molar-refractivity contribution in [3.05, 3.63) is 69.0 Å². The fourth-order valence-electron chi connectivity index (χ4n) is 2.97. The smallest absolute Gasteiger partial charge is 0.291 e. The Morgan fingerprint density at radius 3 is 2.37 bits per heavy atom. The Hall–Kier alpha value is -3.19. The van der Waals surface area contributed by atoms with Gasteiger partial charge in [-0.1, -0.05) is 36.8 Å². The van der Waals surface area contributed by atoms with Gasteiger partial charge in [0.1, 0.15) is 11.5 Å². The second-order valence-corrected chi connectivity index (χ2v) is 7.78. The van der Waals surface area contributed by atoms with Crippen LogP contribution in [0.15, 0.2) is 53.3 Å². The first-order valence-electron chi connectivity index (χ1n) is 10.1. The first-order valence-corrected chi connectivity index (χ1v) is 10.9. The third kappa shape index (κ3) is 4.36. The SMILES string of the molecule is CCCCOc1ccc(-c2nc3s/c(=C\c4ccc(OCC)cc4)c(=O)n3n2)cc1. The lowest BCUT2D eigenvalue weighted by Gasteiger charge is -2.05. The normalized spacial score (nSPS) is 11.9. The molecule has 4 rings (SSSR count). The summed E-state index contributed by atoms with van der Waals surface area (Å²) in [5, 5.41) is 4.41. The van der Waals surface area contributed by atoms with E-state index in [1.165, 1.54) is 15.9 Å². The van der Waals surface area contributed by atoms with Gasteiger partial charge in [0.25, 0.3) is 5.56 Å². The summed E-state index contributed by atoms with van der Waals surface area (Å²) in [6.45, 7) is 5.41. The Balaban J connectivity index is 1.57. The number of nitrogens with zero attached hydrogens (tertiary/aromatic N) is 3. The lowest BCUT2D eigenvalue weighted by Crippen LogP contribution is -2.23. The first-order chi connectivity index (χ1) is 14.7. The molecule has 6 nitrogen and oxygen atoms in total. The number of ether oxygens (including phenoxy) is 2. The molecule has 0 saturated carbocycles. The molecule has 0 spiro atoms. The topological polar surface area (TPSA) is 65.7 Å². The molecule has 0 amide bonds. The van der Waals surface area contributed by atoms with Crippen molar-refractivity contribution in [1.82, 2.24) is 14.6 Å². The van der Waals surface area contributed by atoms with Crippen molar-refractivity contribution in [3.8, 4) is 22.9 Å². The summed E-state index contributed by atoms with van der Waals surface area (Å²) in [6.07, 6.45) is 3.98. The Morgan fingerprint density at radius 1 is 1.00 bits per heavy atom. The average molecular weight is 422 g/mol. The second-order valence-electron chi connectivity index (χ2n) is 6.77. The summed E-state index contributed by atoms with van der Waals surface area (Å²) >= 11 is 1.33. The van der Waals surface area contributed by atoms with Crippen molar-refractivity contribution in [2.45, 2.75) is 26.7 Å². The number of benzene rings is 2. The van der Waals surface area contributed by atoms with Crippen molar-refractivity contribution < 1.29 is 9.47 Å². The number of fused-ring (bicyclic) bond motifs is 1. The molecule has 7 heteroatoms. The van der Waals surface area contributed by atoms with E-state index in [0.29, 0.717) is 28.5 Å². The fourth-order valence-corrected chi connectivity index (χ4v) is 3.88. The monoisotopic (exact) mass is 421 g/mol. The molecule has 4 aromatic rings. The minimum Gasteiger partial charge on any atom is -0.494 e. The maximum Gasteiger partial charge on any atom is 0.291 e. The van der Waals surface area contributed by atoms with E-state index in [-0.39, 0.29) is 5.56 Å². The van der Waals surface area contributed by atoms with Crippen LogP contribution in [0.5, 0.6) is 11.5 Å². The predicted octanol–water partition coefficient (Wildman–Crippen LogP) is 3.94. The van der Waals surface area contributed by atoms with E-state index >= 15 is 0 Å². The van der Waals surface area contributed by atoms with Gasteiger partial charge in [-0.3, -0.25) is 4.79 Å². The van der Waals surface area contributed by atoms with Crippen LogP contribution in [0.4, 0.5) is 0 Å². The summed E-state index contributed by atoms with van der Waals surface area (Å²) < 4.78 is 13.1. The third-order valence-corrected chi connectivity index (χ3v) is 5.51. The van der Waals surface area contributed by atoms with Gasteiger partial charge in [-0.2, -0.15) is 9.50 Å². The highest BCUT2D eigenvalue weighted by Gasteiger charge is 2.12. The molecule has 0 atom stereocenters. The van der Waals surface area contributed by atoms with Crippen molar-refractivity contribution >= 4 is 22.4 Å². The molecule has 2 aromatic heterocycles. The Kier molecular flexibility index (Phi) is 6.09. The molecular formula is C23H23N3O3S. The van der Waals surface area contributed by atoms with Crippen molar-refractivity contribution in [2.24, 2.45) is 0 Å². The second kappa shape index (κ2) is 9.09. The van der Waals surface area contributed by atoms with Gasteiger partial charge in [-0.25, -0.2) is 0 Å². The van der Waals surface area contributed by atoms with Gasteiger partial charge in [0, 0.05) is 5.56 Å². The number of aromatic nitrogens is 3. The lowest BCUT2D eigenvalue weighted by atomic mass is 10.2. The minimum atomic E-state index is -0.165. The fraction of sp³-hybridized carbons (Fsp3) is 0.261. The lowest BCUT2D eigenvalue weighted by molar-refractivity contribution is 0.309. The molecule has 0 aliphatic rings. The van der Waals surface area contributed by atoms with Crippen LogP contribution in [-0.4, -0.2) is 27.8 Å². The van der Waals surface area contributed by atoms with Crippen LogP contribution >= 0.6 is 11.3 Å². The highest BCUT2D eigenvalue weighted by atomic mass is 32.1. The van der Waals surface area contributed by atoms with Crippen LogP contribution in [0.25, 0.3) is 22.4 Å². The van der Waals surface area contributed by atoms with E-state index in [1.807, 2.05) is 61.5 Å². The Bertz CT molecular complexity index is 1230. The van der Waals surface area contributed by atoms with Gasteiger partial charge >= 0.3 is 0 Å². The van der Waals surface area contributed by atoms with Crippen LogP contribution in [0.1, 0.15) is 32.3 Å². The van der Waals surface area contributed by atoms with Gasteiger partial charge in [-0.15, -0.1) is 5.10 Å². The summed E-state index contributed by atoms with van der Waals surface area (Å²) in [4.78, 5) is 17.9. The molecule has 0 unspecified atom stereocenters. The number of thiazole rings is 1. The van der Waals surface area contributed by atoms with Crippen molar-refractivity contribution in [3.63, 3.8) is 0 Å². The highest BCUT2D eigenvalue weighted by molar-refractivity contribution is 7.15. The van der Waals surface area contributed by atoms with E-state index in [0.717, 1.165) is 35.5 Å². The summed E-state index contributed by atoms with van der Waals surface area (Å²) in [7, 11) is 0. The van der Waals surface area contributed by atoms with E-state index in [2.05, 4.69) is 17.0 Å². The van der Waals surface area contributed by atoms with Crippen molar-refractivity contribution in [1.29, 1.82) is 0 Å². The van der Waals surface area contributed by atoms with Gasteiger partial charge in [0.15, 0.2) is 5.82 Å². The Morgan fingerprint density at radius 2 is 1.70 bits per heavy atom. The van der Waals surface area contributed by atoms with E-state index in [1.54, 1.807) is 0 Å². The largest absolute Gasteiger partial charge is 0.494 e. The van der Waals surface area contributed by atoms with E-state index in [4.69, 9.17) is 9.47 Å². The third-order valence-electron chi connectivity index (χ3n) is 4.55. The summed E-state index contributed by atoms with van der Waals surface area (Å²) in [5.41, 5.74) is 1.62. The molecule has 30 heavy (non-hydrogen) atoms. The molecule has 0 N–H and O–H groups in total. The van der Waals surface area contributed by atoms with Gasteiger partial charge in [0.05, 0.1) is 17.7 Å². The van der Waals surface area contributed by atoms with E-state index < -0.39 is 0 Å². The number of hydrogen-bond acceptors (Lipinski definition) is 6. The van der Waals surface area contributed by atoms with Crippen molar-refractivity contribution in [2.75, 3.05) is 13.2 Å². The first kappa shape index (κ1) is 20.1. The predicted molar refractivity (Wildman–Crippen MR) is 119 cm³/mol. The van der Waals surface area contributed by atoms with Gasteiger partial charge in [-0.05, 0) is 61.4 Å². The van der Waals surface area contributed by atoms with Crippen LogP contribution in [0, 0.1) is 0 Å². The van der Waals surface area contributed by atoms with Crippen LogP contribution in [0.2, 0.25) is 0 Å². The average Bonchev–Trinajstić information content (AvgIpc) is 3.30. The molecule has 154 valence electrons. The molecule has 0 saturated heterocycles. The maximum atomic E-state index is 12.7. The number of hydrogen-bond donors (Lipinski definition) is 0. The standard InChI is InChI=1S/C23H23N3O3S/c1-3-5-14-29-19-12-8-17(9-13-19)21-24-23-26(25-21)22(27)20(30-23)15-16-6-10-18(11-7-16)28-4-2/h6-13,15H,3-5,14H2,1-2H3/b20-15-. The summed E-state index contributed by atoms with van der Waals surface area (Å²) in [5.74, 6) is 2.17. The molecule has 0 aliphatic carbocycles. The zero-order valence-electron chi connectivity index (χ0n) is 17.0. The Labute approximate surface area is 178 Å². The van der Waals surface area contributed by atoms with Crippen LogP contribution in [0.3, 0.4) is 0 Å². The molecule has 2 heterocycles. The van der Waals surface area contributed by atoms with Gasteiger partial charge < -0.3 is 9.47 Å². The molecule has 0 aliphatic heterocycles. The highest BCUT2D eigenvalue weighted by Crippen LogP contribution is 2.21. The summed E-state index contributed by atoms with van der Waals surface area (Å²) in [6, 6.07) is 15.3. The zero-order valence-corrected chi connectivity index (χ0v) is 17.8. The van der Waals surface area contributed by atoms with Crippen LogP contribution in [-0.2, 0) is 0 Å². The molecule has 0 radical (unpaired) electrons. The molecule has 0 bridgehead atoms. The molecule has 2 aromatic carbocycles. The van der Waals surface area contributed by atoms with Gasteiger partial charge in [0.2, 0.25) is 4.96 Å². The van der Waals surface area contributed by atoms with E-state index in [9.17, 15) is 4.79 Å². The van der Waals surface area contributed by atoms with Crippen LogP contribution < -0.4 is 19.6 Å². The number of unbranched alkanes of at least 4 members (excludes halogenated alkanes) is 1. The maximum absolute atomic E-state index is 12.7. The zero-order chi connectivity index (χ0) is 20.9. The molecular weight excluding hydrogens is 398 g/mol. The number of rotatable bonds is 8.